The Morgan fingerprint density at radius 1 is 1.24 bits per heavy atom. The molecule has 0 aliphatic rings. The summed E-state index contributed by atoms with van der Waals surface area (Å²) in [6.07, 6.45) is 5.85. The highest BCUT2D eigenvalue weighted by Crippen LogP contribution is 2.12. The number of hydrogen-bond acceptors (Lipinski definition) is 3. The van der Waals surface area contributed by atoms with Crippen molar-refractivity contribution in [2.45, 2.75) is 19.3 Å². The van der Waals surface area contributed by atoms with Gasteiger partial charge in [0.05, 0.1) is 12.5 Å². The molecule has 0 spiro atoms. The summed E-state index contributed by atoms with van der Waals surface area (Å²) < 4.78 is 1.80. The molecular formula is C16H21N3O2. The number of hydrogen-bond donors (Lipinski definition) is 1. The van der Waals surface area contributed by atoms with Crippen molar-refractivity contribution in [3.8, 4) is 5.69 Å². The van der Waals surface area contributed by atoms with Crippen molar-refractivity contribution >= 4 is 5.91 Å². The van der Waals surface area contributed by atoms with E-state index in [9.17, 15) is 4.79 Å². The molecule has 0 aliphatic heterocycles. The van der Waals surface area contributed by atoms with Gasteiger partial charge in [0, 0.05) is 25.9 Å². The van der Waals surface area contributed by atoms with Gasteiger partial charge in [0.1, 0.15) is 5.69 Å². The summed E-state index contributed by atoms with van der Waals surface area (Å²) in [6, 6.07) is 9.69. The molecule has 1 heterocycles. The molecule has 0 bridgehead atoms. The van der Waals surface area contributed by atoms with Crippen LogP contribution in [0.15, 0.2) is 42.9 Å². The highest BCUT2D eigenvalue weighted by molar-refractivity contribution is 5.92. The van der Waals surface area contributed by atoms with Crippen molar-refractivity contribution in [2.75, 3.05) is 20.2 Å². The molecule has 0 radical (unpaired) electrons. The zero-order chi connectivity index (χ0) is 15.1. The van der Waals surface area contributed by atoms with Crippen molar-refractivity contribution in [3.05, 3.63) is 48.5 Å². The van der Waals surface area contributed by atoms with E-state index in [1.54, 1.807) is 29.0 Å². The lowest BCUT2D eigenvalue weighted by Gasteiger charge is -2.18. The molecule has 0 unspecified atom stereocenters. The Balaban J connectivity index is 2.05. The van der Waals surface area contributed by atoms with Crippen LogP contribution in [0, 0.1) is 0 Å². The van der Waals surface area contributed by atoms with Crippen LogP contribution < -0.4 is 0 Å². The summed E-state index contributed by atoms with van der Waals surface area (Å²) in [4.78, 5) is 18.3. The topological polar surface area (TPSA) is 58.4 Å². The lowest BCUT2D eigenvalue weighted by Crippen LogP contribution is -2.29. The molecule has 5 nitrogen and oxygen atoms in total. The second kappa shape index (κ2) is 7.59. The highest BCUT2D eigenvalue weighted by atomic mass is 16.2. The van der Waals surface area contributed by atoms with Crippen LogP contribution in [0.5, 0.6) is 0 Å². The SMILES string of the molecule is CN(CCCCCO)C(=O)c1cncn1-c1ccccc1. The summed E-state index contributed by atoms with van der Waals surface area (Å²) in [5.41, 5.74) is 1.48. The van der Waals surface area contributed by atoms with Crippen LogP contribution in [-0.2, 0) is 0 Å². The van der Waals surface area contributed by atoms with Gasteiger partial charge in [-0.15, -0.1) is 0 Å². The maximum absolute atomic E-state index is 12.5. The van der Waals surface area contributed by atoms with Crippen LogP contribution in [0.4, 0.5) is 0 Å². The number of carbonyl (C=O) groups excluding carboxylic acids is 1. The molecule has 1 amide bonds. The van der Waals surface area contributed by atoms with E-state index < -0.39 is 0 Å². The van der Waals surface area contributed by atoms with E-state index in [0.717, 1.165) is 24.9 Å². The van der Waals surface area contributed by atoms with Crippen molar-refractivity contribution in [1.82, 2.24) is 14.5 Å². The number of aliphatic hydroxyl groups is 1. The van der Waals surface area contributed by atoms with Gasteiger partial charge in [-0.2, -0.15) is 0 Å². The van der Waals surface area contributed by atoms with E-state index in [2.05, 4.69) is 4.98 Å². The van der Waals surface area contributed by atoms with Gasteiger partial charge in [0.25, 0.3) is 5.91 Å². The molecule has 112 valence electrons. The Labute approximate surface area is 124 Å². The van der Waals surface area contributed by atoms with Crippen molar-refractivity contribution < 1.29 is 9.90 Å². The maximum atomic E-state index is 12.5. The van der Waals surface area contributed by atoms with Gasteiger partial charge in [-0.1, -0.05) is 18.2 Å². The minimum absolute atomic E-state index is 0.0413. The zero-order valence-corrected chi connectivity index (χ0v) is 12.3. The number of imidazole rings is 1. The summed E-state index contributed by atoms with van der Waals surface area (Å²) in [5, 5.41) is 8.76. The molecule has 21 heavy (non-hydrogen) atoms. The Bertz CT molecular complexity index is 566. The second-order valence-corrected chi connectivity index (χ2v) is 5.00. The first-order valence-electron chi connectivity index (χ1n) is 7.18. The fourth-order valence-electron chi connectivity index (χ4n) is 2.18. The van der Waals surface area contributed by atoms with Gasteiger partial charge in [-0.05, 0) is 31.4 Å². The van der Waals surface area contributed by atoms with Crippen molar-refractivity contribution in [1.29, 1.82) is 0 Å². The average Bonchev–Trinajstić information content (AvgIpc) is 3.01. The van der Waals surface area contributed by atoms with E-state index in [4.69, 9.17) is 5.11 Å². The fourth-order valence-corrected chi connectivity index (χ4v) is 2.18. The van der Waals surface area contributed by atoms with Gasteiger partial charge in [-0.3, -0.25) is 9.36 Å². The van der Waals surface area contributed by atoms with Crippen LogP contribution in [0.2, 0.25) is 0 Å². The molecule has 0 saturated heterocycles. The number of carbonyl (C=O) groups is 1. The van der Waals surface area contributed by atoms with Crippen LogP contribution >= 0.6 is 0 Å². The Morgan fingerprint density at radius 2 is 2.00 bits per heavy atom. The number of aromatic nitrogens is 2. The minimum atomic E-state index is -0.0413. The monoisotopic (exact) mass is 287 g/mol. The van der Waals surface area contributed by atoms with Crippen LogP contribution in [-0.4, -0.2) is 45.7 Å². The molecule has 1 N–H and O–H groups in total. The summed E-state index contributed by atoms with van der Waals surface area (Å²) >= 11 is 0. The molecule has 5 heteroatoms. The molecule has 1 aromatic heterocycles. The molecule has 0 saturated carbocycles. The van der Waals surface area contributed by atoms with Crippen molar-refractivity contribution in [2.24, 2.45) is 0 Å². The number of nitrogens with zero attached hydrogens (tertiary/aromatic N) is 3. The summed E-state index contributed by atoms with van der Waals surface area (Å²) in [7, 11) is 1.80. The molecular weight excluding hydrogens is 266 g/mol. The first kappa shape index (κ1) is 15.3. The lowest BCUT2D eigenvalue weighted by molar-refractivity contribution is 0.0784. The third-order valence-corrected chi connectivity index (χ3v) is 3.39. The third kappa shape index (κ3) is 3.92. The Kier molecular flexibility index (Phi) is 5.51. The fraction of sp³-hybridized carbons (Fsp3) is 0.375. The van der Waals surface area contributed by atoms with Crippen molar-refractivity contribution in [3.63, 3.8) is 0 Å². The molecule has 2 aromatic rings. The van der Waals surface area contributed by atoms with E-state index in [1.165, 1.54) is 0 Å². The molecule has 0 atom stereocenters. The first-order valence-corrected chi connectivity index (χ1v) is 7.18. The third-order valence-electron chi connectivity index (χ3n) is 3.39. The van der Waals surface area contributed by atoms with Gasteiger partial charge >= 0.3 is 0 Å². The molecule has 0 aliphatic carbocycles. The average molecular weight is 287 g/mol. The van der Waals surface area contributed by atoms with Crippen LogP contribution in [0.1, 0.15) is 29.8 Å². The van der Waals surface area contributed by atoms with Crippen LogP contribution in [0.3, 0.4) is 0 Å². The Morgan fingerprint density at radius 3 is 2.71 bits per heavy atom. The van der Waals surface area contributed by atoms with E-state index in [-0.39, 0.29) is 12.5 Å². The maximum Gasteiger partial charge on any atom is 0.272 e. The number of para-hydroxylation sites is 1. The minimum Gasteiger partial charge on any atom is -0.396 e. The quantitative estimate of drug-likeness (QED) is 0.793. The molecule has 2 rings (SSSR count). The number of benzene rings is 1. The van der Waals surface area contributed by atoms with E-state index in [1.807, 2.05) is 30.3 Å². The van der Waals surface area contributed by atoms with E-state index >= 15 is 0 Å². The Hall–Kier alpha value is -2.14. The predicted molar refractivity (Wildman–Crippen MR) is 81.5 cm³/mol. The number of aliphatic hydroxyl groups excluding tert-OH is 1. The lowest BCUT2D eigenvalue weighted by atomic mass is 10.2. The van der Waals surface area contributed by atoms with Gasteiger partial charge in [0.2, 0.25) is 0 Å². The number of amides is 1. The van der Waals surface area contributed by atoms with Gasteiger partial charge in [-0.25, -0.2) is 4.98 Å². The highest BCUT2D eigenvalue weighted by Gasteiger charge is 2.16. The largest absolute Gasteiger partial charge is 0.396 e. The summed E-state index contributed by atoms with van der Waals surface area (Å²) in [6.45, 7) is 0.886. The smallest absolute Gasteiger partial charge is 0.272 e. The van der Waals surface area contributed by atoms with E-state index in [0.29, 0.717) is 12.2 Å². The van der Waals surface area contributed by atoms with Gasteiger partial charge < -0.3 is 10.0 Å². The standard InChI is InChI=1S/C16H21N3O2/c1-18(10-6-3-7-11-20)16(21)15-12-17-13-19(15)14-8-4-2-5-9-14/h2,4-5,8-9,12-13,20H,3,6-7,10-11H2,1H3. The normalized spacial score (nSPS) is 10.6. The molecule has 1 aromatic carbocycles. The van der Waals surface area contributed by atoms with Gasteiger partial charge in [0.15, 0.2) is 0 Å². The first-order chi connectivity index (χ1) is 10.2. The molecule has 0 fully saturated rings. The predicted octanol–water partition coefficient (Wildman–Crippen LogP) is 2.11. The summed E-state index contributed by atoms with van der Waals surface area (Å²) in [5.74, 6) is -0.0413. The number of unbranched alkanes of at least 4 members (excludes halogenated alkanes) is 2. The van der Waals surface area contributed by atoms with Crippen LogP contribution in [0.25, 0.3) is 5.69 Å². The second-order valence-electron chi connectivity index (χ2n) is 5.00. The number of rotatable bonds is 7. The zero-order valence-electron chi connectivity index (χ0n) is 12.3.